The molecule has 2 atom stereocenters. The Balaban J connectivity index is 1.77. The van der Waals surface area contributed by atoms with Crippen LogP contribution in [-0.2, 0) is 0 Å². The zero-order chi connectivity index (χ0) is 13.4. The van der Waals surface area contributed by atoms with Crippen molar-refractivity contribution in [3.05, 3.63) is 17.8 Å². The summed E-state index contributed by atoms with van der Waals surface area (Å²) < 4.78 is 0. The summed E-state index contributed by atoms with van der Waals surface area (Å²) >= 11 is 0. The fourth-order valence-electron chi connectivity index (χ4n) is 3.77. The topological polar surface area (TPSA) is 45.4 Å². The summed E-state index contributed by atoms with van der Waals surface area (Å²) in [6.07, 6.45) is 5.73. The first-order chi connectivity index (χ1) is 9.15. The number of likely N-dealkylation sites (tertiary alicyclic amines) is 1. The predicted molar refractivity (Wildman–Crippen MR) is 79.4 cm³/mol. The lowest BCUT2D eigenvalue weighted by Crippen LogP contribution is -2.53. The molecule has 1 aromatic rings. The SMILES string of the molecule is Cc1cc(N)cnc1N1CCC2C(CCCN2C)C1. The number of anilines is 2. The van der Waals surface area contributed by atoms with Crippen LogP contribution in [0.25, 0.3) is 0 Å². The van der Waals surface area contributed by atoms with Gasteiger partial charge in [0, 0.05) is 19.1 Å². The van der Waals surface area contributed by atoms with E-state index >= 15 is 0 Å². The highest BCUT2D eigenvalue weighted by molar-refractivity contribution is 5.53. The molecule has 4 nitrogen and oxygen atoms in total. The Kier molecular flexibility index (Phi) is 3.35. The van der Waals surface area contributed by atoms with Gasteiger partial charge < -0.3 is 15.5 Å². The predicted octanol–water partition coefficient (Wildman–Crippen LogP) is 1.89. The van der Waals surface area contributed by atoms with Crippen molar-refractivity contribution < 1.29 is 0 Å². The Bertz CT molecular complexity index is 459. The van der Waals surface area contributed by atoms with Crippen LogP contribution in [0.2, 0.25) is 0 Å². The van der Waals surface area contributed by atoms with Crippen molar-refractivity contribution in [1.29, 1.82) is 0 Å². The quantitative estimate of drug-likeness (QED) is 0.837. The molecule has 0 spiro atoms. The normalized spacial score (nSPS) is 28.2. The highest BCUT2D eigenvalue weighted by Crippen LogP contribution is 2.32. The fourth-order valence-corrected chi connectivity index (χ4v) is 3.77. The van der Waals surface area contributed by atoms with E-state index in [9.17, 15) is 0 Å². The van der Waals surface area contributed by atoms with Crippen molar-refractivity contribution in [3.63, 3.8) is 0 Å². The maximum Gasteiger partial charge on any atom is 0.131 e. The zero-order valence-corrected chi connectivity index (χ0v) is 12.0. The van der Waals surface area contributed by atoms with Crippen LogP contribution in [0.3, 0.4) is 0 Å². The van der Waals surface area contributed by atoms with Crippen LogP contribution < -0.4 is 10.6 Å². The smallest absolute Gasteiger partial charge is 0.131 e. The highest BCUT2D eigenvalue weighted by Gasteiger charge is 2.34. The van der Waals surface area contributed by atoms with E-state index in [0.717, 1.165) is 36.6 Å². The minimum atomic E-state index is 0.758. The van der Waals surface area contributed by atoms with Gasteiger partial charge in [-0.05, 0) is 57.3 Å². The molecule has 104 valence electrons. The Morgan fingerprint density at radius 1 is 1.32 bits per heavy atom. The van der Waals surface area contributed by atoms with E-state index in [4.69, 9.17) is 5.73 Å². The second-order valence-electron chi connectivity index (χ2n) is 6.09. The number of pyridine rings is 1. The Labute approximate surface area is 115 Å². The molecule has 0 radical (unpaired) electrons. The Morgan fingerprint density at radius 3 is 2.95 bits per heavy atom. The summed E-state index contributed by atoms with van der Waals surface area (Å²) in [4.78, 5) is 9.55. The minimum Gasteiger partial charge on any atom is -0.397 e. The molecular weight excluding hydrogens is 236 g/mol. The van der Waals surface area contributed by atoms with Crippen LogP contribution >= 0.6 is 0 Å². The summed E-state index contributed by atoms with van der Waals surface area (Å²) in [6, 6.07) is 2.81. The number of nitrogens with two attached hydrogens (primary N) is 1. The second-order valence-corrected chi connectivity index (χ2v) is 6.09. The largest absolute Gasteiger partial charge is 0.397 e. The first kappa shape index (κ1) is 12.7. The molecule has 3 heterocycles. The molecule has 0 bridgehead atoms. The number of rotatable bonds is 1. The molecule has 2 aliphatic heterocycles. The van der Waals surface area contributed by atoms with Gasteiger partial charge in [-0.25, -0.2) is 4.98 Å². The van der Waals surface area contributed by atoms with E-state index in [2.05, 4.69) is 28.8 Å². The summed E-state index contributed by atoms with van der Waals surface area (Å²) in [7, 11) is 2.28. The monoisotopic (exact) mass is 260 g/mol. The number of fused-ring (bicyclic) bond motifs is 1. The lowest BCUT2D eigenvalue weighted by atomic mass is 9.84. The van der Waals surface area contributed by atoms with Crippen LogP contribution in [0.5, 0.6) is 0 Å². The van der Waals surface area contributed by atoms with Crippen LogP contribution in [0, 0.1) is 12.8 Å². The second kappa shape index (κ2) is 5.00. The molecule has 0 aromatic carbocycles. The summed E-state index contributed by atoms with van der Waals surface area (Å²) in [6.45, 7) is 5.63. The van der Waals surface area contributed by atoms with Crippen molar-refractivity contribution in [3.8, 4) is 0 Å². The average molecular weight is 260 g/mol. The fraction of sp³-hybridized carbons (Fsp3) is 0.667. The van der Waals surface area contributed by atoms with Crippen molar-refractivity contribution in [2.75, 3.05) is 37.3 Å². The first-order valence-electron chi connectivity index (χ1n) is 7.32. The standard InChI is InChI=1S/C15H24N4/c1-11-8-13(16)9-17-15(11)19-7-5-14-12(10-19)4-3-6-18(14)2/h8-9,12,14H,3-7,10,16H2,1-2H3. The minimum absolute atomic E-state index is 0.758. The number of piperidine rings is 2. The van der Waals surface area contributed by atoms with Crippen molar-refractivity contribution in [1.82, 2.24) is 9.88 Å². The third-order valence-corrected chi connectivity index (χ3v) is 4.72. The van der Waals surface area contributed by atoms with Gasteiger partial charge >= 0.3 is 0 Å². The van der Waals surface area contributed by atoms with E-state index in [1.165, 1.54) is 31.4 Å². The van der Waals surface area contributed by atoms with Crippen molar-refractivity contribution in [2.24, 2.45) is 5.92 Å². The van der Waals surface area contributed by atoms with Crippen LogP contribution in [0.15, 0.2) is 12.3 Å². The molecular formula is C15H24N4. The highest BCUT2D eigenvalue weighted by atomic mass is 15.2. The summed E-state index contributed by atoms with van der Waals surface area (Å²) in [5, 5.41) is 0. The Morgan fingerprint density at radius 2 is 2.16 bits per heavy atom. The maximum atomic E-state index is 5.79. The van der Waals surface area contributed by atoms with Gasteiger partial charge in [0.2, 0.25) is 0 Å². The van der Waals surface area contributed by atoms with Crippen molar-refractivity contribution in [2.45, 2.75) is 32.2 Å². The molecule has 0 saturated carbocycles. The molecule has 2 aliphatic rings. The number of aromatic nitrogens is 1. The lowest BCUT2D eigenvalue weighted by Gasteiger charge is -2.46. The van der Waals surface area contributed by atoms with Gasteiger partial charge in [-0.1, -0.05) is 0 Å². The van der Waals surface area contributed by atoms with Crippen LogP contribution in [0.1, 0.15) is 24.8 Å². The number of nitrogens with zero attached hydrogens (tertiary/aromatic N) is 3. The molecule has 2 fully saturated rings. The molecule has 19 heavy (non-hydrogen) atoms. The van der Waals surface area contributed by atoms with E-state index in [0.29, 0.717) is 0 Å². The van der Waals surface area contributed by atoms with E-state index in [1.54, 1.807) is 6.20 Å². The van der Waals surface area contributed by atoms with E-state index < -0.39 is 0 Å². The number of aryl methyl sites for hydroxylation is 1. The molecule has 4 heteroatoms. The number of hydrogen-bond acceptors (Lipinski definition) is 4. The first-order valence-corrected chi connectivity index (χ1v) is 7.32. The van der Waals surface area contributed by atoms with Crippen LogP contribution in [-0.4, -0.2) is 42.6 Å². The average Bonchev–Trinajstić information content (AvgIpc) is 2.38. The maximum absolute atomic E-state index is 5.79. The van der Waals surface area contributed by atoms with Gasteiger partial charge in [-0.3, -0.25) is 0 Å². The number of nitrogen functional groups attached to an aromatic ring is 1. The molecule has 2 unspecified atom stereocenters. The summed E-state index contributed by atoms with van der Waals surface area (Å²) in [5.74, 6) is 1.92. The van der Waals surface area contributed by atoms with Gasteiger partial charge in [-0.15, -0.1) is 0 Å². The number of hydrogen-bond donors (Lipinski definition) is 1. The summed E-state index contributed by atoms with van der Waals surface area (Å²) in [5.41, 5.74) is 7.75. The van der Waals surface area contributed by atoms with Gasteiger partial charge in [-0.2, -0.15) is 0 Å². The molecule has 0 amide bonds. The third-order valence-electron chi connectivity index (χ3n) is 4.72. The van der Waals surface area contributed by atoms with E-state index in [-0.39, 0.29) is 0 Å². The van der Waals surface area contributed by atoms with Gasteiger partial charge in [0.15, 0.2) is 0 Å². The van der Waals surface area contributed by atoms with Gasteiger partial charge in [0.05, 0.1) is 11.9 Å². The molecule has 3 rings (SSSR count). The van der Waals surface area contributed by atoms with Gasteiger partial charge in [0.1, 0.15) is 5.82 Å². The van der Waals surface area contributed by atoms with Gasteiger partial charge in [0.25, 0.3) is 0 Å². The van der Waals surface area contributed by atoms with Crippen molar-refractivity contribution >= 4 is 11.5 Å². The lowest BCUT2D eigenvalue weighted by molar-refractivity contribution is 0.102. The molecule has 2 N–H and O–H groups in total. The molecule has 1 aromatic heterocycles. The van der Waals surface area contributed by atoms with E-state index in [1.807, 2.05) is 6.07 Å². The third kappa shape index (κ3) is 2.41. The zero-order valence-electron chi connectivity index (χ0n) is 12.0. The van der Waals surface area contributed by atoms with Crippen LogP contribution in [0.4, 0.5) is 11.5 Å². The Hall–Kier alpha value is -1.29. The molecule has 0 aliphatic carbocycles. The molecule has 2 saturated heterocycles.